The molecule has 2 aromatic heterocycles. The minimum atomic E-state index is -3.98. The molecule has 2 heterocycles. The Morgan fingerprint density at radius 1 is 1.11 bits per heavy atom. The number of pyridine rings is 1. The van der Waals surface area contributed by atoms with Gasteiger partial charge in [-0.15, -0.1) is 10.2 Å². The topological polar surface area (TPSA) is 89.8 Å². The summed E-state index contributed by atoms with van der Waals surface area (Å²) in [5, 5.41) is 8.66. The Morgan fingerprint density at radius 2 is 1.93 bits per heavy atom. The van der Waals surface area contributed by atoms with Crippen LogP contribution in [-0.4, -0.2) is 28.2 Å². The van der Waals surface area contributed by atoms with Crippen LogP contribution in [0.4, 0.5) is 10.1 Å². The Kier molecular flexibility index (Phi) is 4.73. The molecule has 7 nitrogen and oxygen atoms in total. The number of fused-ring (bicyclic) bond motifs is 1. The smallest absolute Gasteiger partial charge is 0.262 e. The van der Waals surface area contributed by atoms with Crippen LogP contribution in [-0.2, 0) is 17.1 Å². The third kappa shape index (κ3) is 3.43. The van der Waals surface area contributed by atoms with E-state index >= 15 is 0 Å². The molecule has 0 radical (unpaired) electrons. The van der Waals surface area contributed by atoms with Crippen molar-refractivity contribution in [1.29, 1.82) is 0 Å². The third-order valence-corrected chi connectivity index (χ3v) is 6.52. The second-order valence-electron chi connectivity index (χ2n) is 5.87. The van der Waals surface area contributed by atoms with Crippen LogP contribution in [0.1, 0.15) is 0 Å². The summed E-state index contributed by atoms with van der Waals surface area (Å²) in [7, 11) is -2.18. The molecule has 0 unspecified atom stereocenters. The summed E-state index contributed by atoms with van der Waals surface area (Å²) in [6.45, 7) is 0. The number of halogens is 1. The van der Waals surface area contributed by atoms with Crippen LogP contribution in [0, 0.1) is 5.82 Å². The Balaban J connectivity index is 1.74. The first-order valence-corrected chi connectivity index (χ1v) is 10.4. The molecular weight excluding hydrogens is 401 g/mol. The number of nitrogens with zero attached hydrogens (tertiary/aromatic N) is 4. The summed E-state index contributed by atoms with van der Waals surface area (Å²) in [4.78, 5) is 4.56. The molecule has 4 rings (SSSR count). The van der Waals surface area contributed by atoms with Crippen molar-refractivity contribution in [2.75, 3.05) is 4.72 Å². The number of aromatic nitrogens is 4. The molecule has 2 aromatic carbocycles. The first-order chi connectivity index (χ1) is 13.5. The normalized spacial score (nSPS) is 11.6. The summed E-state index contributed by atoms with van der Waals surface area (Å²) in [5.74, 6) is -0.576. The first-order valence-electron chi connectivity index (χ1n) is 8.12. The van der Waals surface area contributed by atoms with Gasteiger partial charge in [-0.25, -0.2) is 12.8 Å². The molecule has 0 saturated heterocycles. The molecule has 0 atom stereocenters. The van der Waals surface area contributed by atoms with Gasteiger partial charge in [-0.2, -0.15) is 0 Å². The van der Waals surface area contributed by atoms with Gasteiger partial charge in [0, 0.05) is 23.5 Å². The molecule has 142 valence electrons. The summed E-state index contributed by atoms with van der Waals surface area (Å²) in [6.07, 6.45) is 2.98. The van der Waals surface area contributed by atoms with E-state index in [2.05, 4.69) is 19.9 Å². The summed E-state index contributed by atoms with van der Waals surface area (Å²) in [5.41, 5.74) is 0.393. The van der Waals surface area contributed by atoms with Crippen LogP contribution in [0.5, 0.6) is 0 Å². The van der Waals surface area contributed by atoms with Gasteiger partial charge in [0.1, 0.15) is 17.7 Å². The number of para-hydroxylation sites is 1. The van der Waals surface area contributed by atoms with Gasteiger partial charge < -0.3 is 4.57 Å². The maximum absolute atomic E-state index is 14.0. The van der Waals surface area contributed by atoms with Crippen molar-refractivity contribution < 1.29 is 12.8 Å². The molecule has 0 spiro atoms. The van der Waals surface area contributed by atoms with E-state index in [1.807, 2.05) is 0 Å². The lowest BCUT2D eigenvalue weighted by Crippen LogP contribution is -2.14. The van der Waals surface area contributed by atoms with E-state index in [0.29, 0.717) is 15.7 Å². The Hall–Kier alpha value is -2.98. The average molecular weight is 415 g/mol. The lowest BCUT2D eigenvalue weighted by Gasteiger charge is -2.13. The van der Waals surface area contributed by atoms with E-state index in [9.17, 15) is 12.8 Å². The van der Waals surface area contributed by atoms with Crippen LogP contribution in [0.15, 0.2) is 76.0 Å². The molecule has 10 heteroatoms. The van der Waals surface area contributed by atoms with Crippen LogP contribution in [0.3, 0.4) is 0 Å². The molecule has 1 N–H and O–H groups in total. The fraction of sp³-hybridized carbons (Fsp3) is 0.0556. The fourth-order valence-electron chi connectivity index (χ4n) is 2.65. The molecule has 0 aliphatic rings. The van der Waals surface area contributed by atoms with Crippen molar-refractivity contribution in [3.05, 3.63) is 66.9 Å². The third-order valence-electron chi connectivity index (χ3n) is 3.97. The number of benzene rings is 2. The molecule has 4 aromatic rings. The van der Waals surface area contributed by atoms with Gasteiger partial charge in [-0.05, 0) is 48.2 Å². The fourth-order valence-corrected chi connectivity index (χ4v) is 4.84. The maximum Gasteiger partial charge on any atom is 0.262 e. The molecular formula is C18H14FN5O2S2. The van der Waals surface area contributed by atoms with E-state index in [1.54, 1.807) is 48.3 Å². The van der Waals surface area contributed by atoms with Gasteiger partial charge in [0.2, 0.25) is 0 Å². The monoisotopic (exact) mass is 415 g/mol. The van der Waals surface area contributed by atoms with Gasteiger partial charge in [0.15, 0.2) is 5.16 Å². The van der Waals surface area contributed by atoms with Crippen molar-refractivity contribution in [2.24, 2.45) is 7.05 Å². The van der Waals surface area contributed by atoms with Crippen molar-refractivity contribution in [2.45, 2.75) is 14.9 Å². The number of aryl methyl sites for hydroxylation is 1. The van der Waals surface area contributed by atoms with E-state index in [4.69, 9.17) is 0 Å². The molecule has 0 aliphatic heterocycles. The van der Waals surface area contributed by atoms with Crippen molar-refractivity contribution >= 4 is 38.4 Å². The van der Waals surface area contributed by atoms with Crippen LogP contribution >= 0.6 is 11.8 Å². The molecule has 0 amide bonds. The predicted molar refractivity (Wildman–Crippen MR) is 104 cm³/mol. The minimum absolute atomic E-state index is 0.00659. The number of nitrogens with one attached hydrogen (secondary N) is 1. The van der Waals surface area contributed by atoms with E-state index < -0.39 is 15.8 Å². The van der Waals surface area contributed by atoms with E-state index in [1.165, 1.54) is 30.1 Å². The average Bonchev–Trinajstić information content (AvgIpc) is 3.08. The predicted octanol–water partition coefficient (Wildman–Crippen LogP) is 3.45. The van der Waals surface area contributed by atoms with Gasteiger partial charge in [-0.3, -0.25) is 9.71 Å². The van der Waals surface area contributed by atoms with Crippen molar-refractivity contribution in [3.63, 3.8) is 0 Å². The molecule has 0 saturated carbocycles. The minimum Gasteiger partial charge on any atom is -0.311 e. The van der Waals surface area contributed by atoms with Crippen LogP contribution in [0.2, 0.25) is 0 Å². The zero-order valence-corrected chi connectivity index (χ0v) is 16.2. The van der Waals surface area contributed by atoms with Crippen LogP contribution in [0.25, 0.3) is 10.9 Å². The van der Waals surface area contributed by atoms with Gasteiger partial charge in [0.05, 0.1) is 10.6 Å². The Labute approximate surface area is 164 Å². The highest BCUT2D eigenvalue weighted by atomic mass is 32.2. The molecule has 28 heavy (non-hydrogen) atoms. The molecule has 0 bridgehead atoms. The second kappa shape index (κ2) is 7.21. The standard InChI is InChI=1S/C18H14FN5O2S2/c1-24-11-21-22-18(24)27-15-7-3-2-6-14(15)23-28(25,26)16-9-8-13(19)17-12(16)5-4-10-20-17/h2-11,23H,1H3. The summed E-state index contributed by atoms with van der Waals surface area (Å²) in [6, 6.07) is 12.4. The highest BCUT2D eigenvalue weighted by molar-refractivity contribution is 7.99. The zero-order chi connectivity index (χ0) is 19.7. The SMILES string of the molecule is Cn1cnnc1Sc1ccccc1NS(=O)(=O)c1ccc(F)c2ncccc12. The highest BCUT2D eigenvalue weighted by Crippen LogP contribution is 2.34. The number of hydrogen-bond donors (Lipinski definition) is 1. The van der Waals surface area contributed by atoms with Gasteiger partial charge >= 0.3 is 0 Å². The van der Waals surface area contributed by atoms with E-state index in [0.717, 1.165) is 6.07 Å². The van der Waals surface area contributed by atoms with E-state index in [-0.39, 0.29) is 15.8 Å². The number of sulfonamides is 1. The van der Waals surface area contributed by atoms with Crippen molar-refractivity contribution in [3.8, 4) is 0 Å². The van der Waals surface area contributed by atoms with Gasteiger partial charge in [0.25, 0.3) is 10.0 Å². The highest BCUT2D eigenvalue weighted by Gasteiger charge is 2.21. The quantitative estimate of drug-likeness (QED) is 0.537. The number of rotatable bonds is 5. The zero-order valence-electron chi connectivity index (χ0n) is 14.6. The summed E-state index contributed by atoms with van der Waals surface area (Å²) >= 11 is 1.28. The molecule has 0 fully saturated rings. The lowest BCUT2D eigenvalue weighted by molar-refractivity contribution is 0.601. The van der Waals surface area contributed by atoms with Crippen LogP contribution < -0.4 is 4.72 Å². The van der Waals surface area contributed by atoms with Crippen molar-refractivity contribution in [1.82, 2.24) is 19.7 Å². The molecule has 0 aliphatic carbocycles. The first kappa shape index (κ1) is 18.4. The maximum atomic E-state index is 14.0. The largest absolute Gasteiger partial charge is 0.311 e. The number of anilines is 1. The van der Waals surface area contributed by atoms with Gasteiger partial charge in [-0.1, -0.05) is 12.1 Å². The Morgan fingerprint density at radius 3 is 2.71 bits per heavy atom. The lowest BCUT2D eigenvalue weighted by atomic mass is 10.2. The summed E-state index contributed by atoms with van der Waals surface area (Å²) < 4.78 is 44.4. The number of hydrogen-bond acceptors (Lipinski definition) is 6. The second-order valence-corrected chi connectivity index (χ2v) is 8.53. The Bertz CT molecular complexity index is 1270.